The lowest BCUT2D eigenvalue weighted by atomic mass is 9.93. The molecule has 0 amide bonds. The zero-order valence-corrected chi connectivity index (χ0v) is 10.3. The summed E-state index contributed by atoms with van der Waals surface area (Å²) in [6.45, 7) is 5.90. The molecule has 2 aliphatic carbocycles. The second kappa shape index (κ2) is 3.63. The highest BCUT2D eigenvalue weighted by atomic mass is 16.3. The van der Waals surface area contributed by atoms with Crippen molar-refractivity contribution in [2.75, 3.05) is 6.54 Å². The second-order valence-electron chi connectivity index (χ2n) is 6.04. The molecule has 16 heavy (non-hydrogen) atoms. The van der Waals surface area contributed by atoms with Crippen LogP contribution in [0, 0.1) is 11.3 Å². The number of aryl methyl sites for hydroxylation is 1. The van der Waals surface area contributed by atoms with Gasteiger partial charge in [-0.1, -0.05) is 13.8 Å². The second-order valence-corrected chi connectivity index (χ2v) is 6.04. The van der Waals surface area contributed by atoms with Gasteiger partial charge in [-0.25, -0.2) is 0 Å². The van der Waals surface area contributed by atoms with Crippen LogP contribution in [0.15, 0.2) is 16.7 Å². The summed E-state index contributed by atoms with van der Waals surface area (Å²) >= 11 is 0. The SMILES string of the molecule is CC1(C)CC1CNC1CCCc2occc21. The van der Waals surface area contributed by atoms with E-state index in [2.05, 4.69) is 25.2 Å². The molecule has 1 aromatic rings. The molecule has 1 N–H and O–H groups in total. The number of rotatable bonds is 3. The molecular formula is C14H21NO. The van der Waals surface area contributed by atoms with Crippen LogP contribution in [0.5, 0.6) is 0 Å². The molecule has 0 saturated heterocycles. The Morgan fingerprint density at radius 2 is 2.31 bits per heavy atom. The summed E-state index contributed by atoms with van der Waals surface area (Å²) in [4.78, 5) is 0. The van der Waals surface area contributed by atoms with Crippen molar-refractivity contribution >= 4 is 0 Å². The van der Waals surface area contributed by atoms with Crippen LogP contribution in [0.3, 0.4) is 0 Å². The Bertz CT molecular complexity index is 380. The molecule has 3 rings (SSSR count). The van der Waals surface area contributed by atoms with E-state index in [0.29, 0.717) is 11.5 Å². The Hall–Kier alpha value is -0.760. The number of hydrogen-bond acceptors (Lipinski definition) is 2. The lowest BCUT2D eigenvalue weighted by molar-refractivity contribution is 0.396. The molecule has 1 heterocycles. The lowest BCUT2D eigenvalue weighted by Gasteiger charge is -2.23. The Morgan fingerprint density at radius 1 is 1.50 bits per heavy atom. The summed E-state index contributed by atoms with van der Waals surface area (Å²) < 4.78 is 5.51. The van der Waals surface area contributed by atoms with E-state index in [0.717, 1.165) is 12.3 Å². The monoisotopic (exact) mass is 219 g/mol. The van der Waals surface area contributed by atoms with Crippen LogP contribution in [0.4, 0.5) is 0 Å². The predicted octanol–water partition coefficient (Wildman–Crippen LogP) is 3.29. The van der Waals surface area contributed by atoms with Crippen LogP contribution in [0.2, 0.25) is 0 Å². The molecule has 0 aliphatic heterocycles. The van der Waals surface area contributed by atoms with Gasteiger partial charge in [0.25, 0.3) is 0 Å². The van der Waals surface area contributed by atoms with Crippen molar-refractivity contribution in [3.8, 4) is 0 Å². The molecule has 1 fully saturated rings. The van der Waals surface area contributed by atoms with Crippen LogP contribution in [-0.4, -0.2) is 6.54 Å². The van der Waals surface area contributed by atoms with Crippen molar-refractivity contribution in [1.29, 1.82) is 0 Å². The van der Waals surface area contributed by atoms with E-state index in [9.17, 15) is 0 Å². The van der Waals surface area contributed by atoms with E-state index in [4.69, 9.17) is 4.42 Å². The Morgan fingerprint density at radius 3 is 3.06 bits per heavy atom. The molecule has 2 atom stereocenters. The average molecular weight is 219 g/mol. The molecule has 0 spiro atoms. The summed E-state index contributed by atoms with van der Waals surface area (Å²) in [5, 5.41) is 3.72. The molecular weight excluding hydrogens is 198 g/mol. The van der Waals surface area contributed by atoms with Crippen LogP contribution in [0.1, 0.15) is 50.5 Å². The first-order chi connectivity index (χ1) is 7.67. The number of nitrogens with one attached hydrogen (secondary N) is 1. The quantitative estimate of drug-likeness (QED) is 0.844. The Kier molecular flexibility index (Phi) is 2.36. The molecule has 0 aromatic carbocycles. The molecule has 2 heteroatoms. The molecule has 1 saturated carbocycles. The van der Waals surface area contributed by atoms with Gasteiger partial charge < -0.3 is 9.73 Å². The Balaban J connectivity index is 1.61. The topological polar surface area (TPSA) is 25.2 Å². The van der Waals surface area contributed by atoms with Crippen molar-refractivity contribution in [2.24, 2.45) is 11.3 Å². The lowest BCUT2D eigenvalue weighted by Crippen LogP contribution is -2.27. The zero-order valence-electron chi connectivity index (χ0n) is 10.3. The van der Waals surface area contributed by atoms with Crippen molar-refractivity contribution in [1.82, 2.24) is 5.32 Å². The highest BCUT2D eigenvalue weighted by Crippen LogP contribution is 2.51. The van der Waals surface area contributed by atoms with Gasteiger partial charge in [-0.3, -0.25) is 0 Å². The summed E-state index contributed by atoms with van der Waals surface area (Å²) in [6.07, 6.45) is 6.86. The van der Waals surface area contributed by atoms with E-state index in [-0.39, 0.29) is 0 Å². The number of furan rings is 1. The maximum absolute atomic E-state index is 5.51. The minimum atomic E-state index is 0.541. The molecule has 0 radical (unpaired) electrons. The maximum atomic E-state index is 5.51. The first kappa shape index (κ1) is 10.4. The Labute approximate surface area is 97.4 Å². The van der Waals surface area contributed by atoms with Gasteiger partial charge in [0.15, 0.2) is 0 Å². The van der Waals surface area contributed by atoms with Gasteiger partial charge >= 0.3 is 0 Å². The normalized spacial score (nSPS) is 31.1. The van der Waals surface area contributed by atoms with E-state index in [1.165, 1.54) is 37.1 Å². The van der Waals surface area contributed by atoms with Gasteiger partial charge in [0, 0.05) is 18.0 Å². The maximum Gasteiger partial charge on any atom is 0.108 e. The summed E-state index contributed by atoms with van der Waals surface area (Å²) in [5.41, 5.74) is 1.99. The van der Waals surface area contributed by atoms with Gasteiger partial charge in [0.2, 0.25) is 0 Å². The van der Waals surface area contributed by atoms with Gasteiger partial charge in [-0.15, -0.1) is 0 Å². The highest BCUT2D eigenvalue weighted by molar-refractivity contribution is 5.24. The number of fused-ring (bicyclic) bond motifs is 1. The van der Waals surface area contributed by atoms with Gasteiger partial charge in [-0.2, -0.15) is 0 Å². The fraction of sp³-hybridized carbons (Fsp3) is 0.714. The fourth-order valence-corrected chi connectivity index (χ4v) is 2.91. The summed E-state index contributed by atoms with van der Waals surface area (Å²) in [6, 6.07) is 2.68. The van der Waals surface area contributed by atoms with Crippen molar-refractivity contribution in [2.45, 2.75) is 45.6 Å². The van der Waals surface area contributed by atoms with Gasteiger partial charge in [-0.05, 0) is 43.2 Å². The van der Waals surface area contributed by atoms with Crippen LogP contribution >= 0.6 is 0 Å². The molecule has 88 valence electrons. The van der Waals surface area contributed by atoms with Crippen LogP contribution < -0.4 is 5.32 Å². The van der Waals surface area contributed by atoms with Crippen LogP contribution in [-0.2, 0) is 6.42 Å². The minimum Gasteiger partial charge on any atom is -0.469 e. The number of hydrogen-bond donors (Lipinski definition) is 1. The molecule has 1 aromatic heterocycles. The highest BCUT2D eigenvalue weighted by Gasteiger charge is 2.45. The van der Waals surface area contributed by atoms with E-state index < -0.39 is 0 Å². The van der Waals surface area contributed by atoms with Gasteiger partial charge in [0.05, 0.1) is 6.26 Å². The molecule has 0 bridgehead atoms. The van der Waals surface area contributed by atoms with Crippen molar-refractivity contribution < 1.29 is 4.42 Å². The van der Waals surface area contributed by atoms with E-state index >= 15 is 0 Å². The first-order valence-corrected chi connectivity index (χ1v) is 6.46. The summed E-state index contributed by atoms with van der Waals surface area (Å²) in [7, 11) is 0. The van der Waals surface area contributed by atoms with Gasteiger partial charge in [0.1, 0.15) is 5.76 Å². The third-order valence-corrected chi connectivity index (χ3v) is 4.38. The molecule has 2 unspecified atom stereocenters. The van der Waals surface area contributed by atoms with Crippen molar-refractivity contribution in [3.05, 3.63) is 23.7 Å². The smallest absolute Gasteiger partial charge is 0.108 e. The zero-order chi connectivity index (χ0) is 11.2. The molecule has 2 aliphatic rings. The van der Waals surface area contributed by atoms with E-state index in [1.54, 1.807) is 0 Å². The average Bonchev–Trinajstić information content (AvgIpc) is 2.68. The van der Waals surface area contributed by atoms with E-state index in [1.807, 2.05) is 6.26 Å². The summed E-state index contributed by atoms with van der Waals surface area (Å²) in [5.74, 6) is 2.09. The largest absolute Gasteiger partial charge is 0.469 e. The minimum absolute atomic E-state index is 0.541. The van der Waals surface area contributed by atoms with Crippen molar-refractivity contribution in [3.63, 3.8) is 0 Å². The predicted molar refractivity (Wildman–Crippen MR) is 64.3 cm³/mol. The standard InChI is InChI=1S/C14H21NO/c1-14(2)8-10(14)9-15-12-4-3-5-13-11(12)6-7-16-13/h6-7,10,12,15H,3-5,8-9H2,1-2H3. The van der Waals surface area contributed by atoms with Crippen LogP contribution in [0.25, 0.3) is 0 Å². The first-order valence-electron chi connectivity index (χ1n) is 6.46. The third kappa shape index (κ3) is 1.80. The molecule has 2 nitrogen and oxygen atoms in total. The third-order valence-electron chi connectivity index (χ3n) is 4.38. The fourth-order valence-electron chi connectivity index (χ4n) is 2.91.